The van der Waals surface area contributed by atoms with Crippen molar-refractivity contribution in [1.82, 2.24) is 10.1 Å². The lowest BCUT2D eigenvalue weighted by Gasteiger charge is -2.09. The van der Waals surface area contributed by atoms with Crippen molar-refractivity contribution in [2.45, 2.75) is 38.9 Å². The molecule has 2 atom stereocenters. The van der Waals surface area contributed by atoms with Gasteiger partial charge in [-0.05, 0) is 26.3 Å². The van der Waals surface area contributed by atoms with Crippen molar-refractivity contribution in [2.24, 2.45) is 5.73 Å². The zero-order valence-corrected chi connectivity index (χ0v) is 9.72. The fourth-order valence-electron chi connectivity index (χ4n) is 1.37. The fourth-order valence-corrected chi connectivity index (χ4v) is 1.37. The molecule has 0 spiro atoms. The zero-order chi connectivity index (χ0) is 12.0. The molecule has 0 fully saturated rings. The summed E-state index contributed by atoms with van der Waals surface area (Å²) in [6.45, 7) is 4.86. The van der Waals surface area contributed by atoms with E-state index in [2.05, 4.69) is 10.1 Å². The highest BCUT2D eigenvalue weighted by atomic mass is 16.5. The van der Waals surface area contributed by atoms with E-state index in [0.717, 1.165) is 6.42 Å². The van der Waals surface area contributed by atoms with Gasteiger partial charge in [-0.25, -0.2) is 0 Å². The van der Waals surface area contributed by atoms with Crippen molar-refractivity contribution < 1.29 is 14.4 Å². The van der Waals surface area contributed by atoms with E-state index in [-0.39, 0.29) is 12.0 Å². The summed E-state index contributed by atoms with van der Waals surface area (Å²) < 4.78 is 10.4. The van der Waals surface area contributed by atoms with Crippen molar-refractivity contribution in [1.29, 1.82) is 0 Å². The number of nitrogens with two attached hydrogens (primary N) is 1. The second-order valence-electron chi connectivity index (χ2n) is 3.44. The topological polar surface area (TPSA) is 94.4 Å². The van der Waals surface area contributed by atoms with Gasteiger partial charge in [-0.3, -0.25) is 0 Å². The van der Waals surface area contributed by atoms with Crippen LogP contribution in [0.2, 0.25) is 0 Å². The third kappa shape index (κ3) is 3.26. The van der Waals surface area contributed by atoms with Gasteiger partial charge >= 0.3 is 0 Å². The summed E-state index contributed by atoms with van der Waals surface area (Å²) in [4.78, 5) is 4.11. The van der Waals surface area contributed by atoms with Crippen molar-refractivity contribution in [3.05, 3.63) is 11.7 Å². The van der Waals surface area contributed by atoms with Gasteiger partial charge < -0.3 is 20.1 Å². The van der Waals surface area contributed by atoms with Gasteiger partial charge in [0.2, 0.25) is 5.82 Å². The molecule has 0 amide bonds. The van der Waals surface area contributed by atoms with Crippen LogP contribution in [-0.4, -0.2) is 28.4 Å². The standard InChI is InChI=1S/C10H19N3O3/c1-3-8(15-4-2)9-12-10(16-13-9)7(14)5-6-11/h7-8,14H,3-6,11H2,1-2H3. The number of aromatic nitrogens is 2. The zero-order valence-electron chi connectivity index (χ0n) is 9.72. The third-order valence-corrected chi connectivity index (χ3v) is 2.21. The van der Waals surface area contributed by atoms with E-state index in [1.165, 1.54) is 0 Å². The summed E-state index contributed by atoms with van der Waals surface area (Å²) in [5, 5.41) is 13.4. The maximum absolute atomic E-state index is 9.60. The van der Waals surface area contributed by atoms with Crippen LogP contribution in [0, 0.1) is 0 Å². The number of nitrogens with zero attached hydrogens (tertiary/aromatic N) is 2. The number of hydrogen-bond donors (Lipinski definition) is 2. The van der Waals surface area contributed by atoms with E-state index in [1.54, 1.807) is 0 Å². The van der Waals surface area contributed by atoms with E-state index in [0.29, 0.717) is 25.4 Å². The van der Waals surface area contributed by atoms with E-state index in [1.807, 2.05) is 13.8 Å². The van der Waals surface area contributed by atoms with Crippen molar-refractivity contribution >= 4 is 0 Å². The van der Waals surface area contributed by atoms with Gasteiger partial charge in [0.1, 0.15) is 12.2 Å². The normalized spacial score (nSPS) is 15.0. The first-order valence-electron chi connectivity index (χ1n) is 5.56. The van der Waals surface area contributed by atoms with Crippen LogP contribution in [0.15, 0.2) is 4.52 Å². The molecule has 0 radical (unpaired) electrons. The molecule has 1 rings (SSSR count). The summed E-state index contributed by atoms with van der Waals surface area (Å²) in [7, 11) is 0. The Kier molecular flexibility index (Phi) is 5.37. The molecular formula is C10H19N3O3. The van der Waals surface area contributed by atoms with Gasteiger partial charge in [-0.1, -0.05) is 12.1 Å². The quantitative estimate of drug-likeness (QED) is 0.722. The van der Waals surface area contributed by atoms with Crippen molar-refractivity contribution in [3.8, 4) is 0 Å². The summed E-state index contributed by atoms with van der Waals surface area (Å²) in [5.41, 5.74) is 5.33. The van der Waals surface area contributed by atoms with Crippen molar-refractivity contribution in [3.63, 3.8) is 0 Å². The predicted octanol–water partition coefficient (Wildman–Crippen LogP) is 0.939. The highest BCUT2D eigenvalue weighted by molar-refractivity contribution is 4.93. The Labute approximate surface area is 94.8 Å². The number of aliphatic hydroxyl groups is 1. The highest BCUT2D eigenvalue weighted by Crippen LogP contribution is 2.20. The van der Waals surface area contributed by atoms with Gasteiger partial charge in [-0.2, -0.15) is 4.98 Å². The molecule has 0 saturated heterocycles. The van der Waals surface area contributed by atoms with Crippen LogP contribution in [-0.2, 0) is 4.74 Å². The SMILES string of the molecule is CCOC(CC)c1noc(C(O)CCN)n1. The first kappa shape index (κ1) is 13.1. The maximum atomic E-state index is 9.60. The second-order valence-corrected chi connectivity index (χ2v) is 3.44. The van der Waals surface area contributed by atoms with Gasteiger partial charge in [0, 0.05) is 6.61 Å². The van der Waals surface area contributed by atoms with Crippen LogP contribution in [0.5, 0.6) is 0 Å². The largest absolute Gasteiger partial charge is 0.383 e. The lowest BCUT2D eigenvalue weighted by Crippen LogP contribution is -2.08. The Bertz CT molecular complexity index is 303. The average Bonchev–Trinajstić information content (AvgIpc) is 2.75. The van der Waals surface area contributed by atoms with Gasteiger partial charge in [0.15, 0.2) is 0 Å². The minimum absolute atomic E-state index is 0.174. The molecular weight excluding hydrogens is 210 g/mol. The molecule has 1 heterocycles. The molecule has 3 N–H and O–H groups in total. The number of hydrogen-bond acceptors (Lipinski definition) is 6. The lowest BCUT2D eigenvalue weighted by molar-refractivity contribution is 0.0518. The van der Waals surface area contributed by atoms with E-state index in [9.17, 15) is 5.11 Å². The van der Waals surface area contributed by atoms with Crippen LogP contribution in [0.3, 0.4) is 0 Å². The Hall–Kier alpha value is -0.980. The van der Waals surface area contributed by atoms with E-state index in [4.69, 9.17) is 15.0 Å². The Morgan fingerprint density at radius 2 is 2.25 bits per heavy atom. The van der Waals surface area contributed by atoms with E-state index < -0.39 is 6.10 Å². The summed E-state index contributed by atoms with van der Waals surface area (Å²) >= 11 is 0. The Morgan fingerprint density at radius 1 is 1.50 bits per heavy atom. The molecule has 0 aliphatic rings. The Balaban J connectivity index is 2.68. The maximum Gasteiger partial charge on any atom is 0.255 e. The number of rotatable bonds is 7. The number of aliphatic hydroxyl groups excluding tert-OH is 1. The molecule has 6 nitrogen and oxygen atoms in total. The molecule has 0 bridgehead atoms. The third-order valence-electron chi connectivity index (χ3n) is 2.21. The predicted molar refractivity (Wildman–Crippen MR) is 57.6 cm³/mol. The van der Waals surface area contributed by atoms with Crippen LogP contribution in [0.4, 0.5) is 0 Å². The minimum atomic E-state index is -0.787. The highest BCUT2D eigenvalue weighted by Gasteiger charge is 2.20. The molecule has 16 heavy (non-hydrogen) atoms. The number of ether oxygens (including phenoxy) is 1. The van der Waals surface area contributed by atoms with E-state index >= 15 is 0 Å². The first-order chi connectivity index (χ1) is 7.72. The van der Waals surface area contributed by atoms with Crippen LogP contribution in [0.1, 0.15) is 50.6 Å². The van der Waals surface area contributed by atoms with Crippen LogP contribution < -0.4 is 5.73 Å². The van der Waals surface area contributed by atoms with Crippen molar-refractivity contribution in [2.75, 3.05) is 13.2 Å². The monoisotopic (exact) mass is 229 g/mol. The van der Waals surface area contributed by atoms with Gasteiger partial charge in [0.25, 0.3) is 5.89 Å². The molecule has 1 aromatic rings. The summed E-state index contributed by atoms with van der Waals surface area (Å²) in [5.74, 6) is 0.689. The first-order valence-corrected chi connectivity index (χ1v) is 5.56. The summed E-state index contributed by atoms with van der Waals surface area (Å²) in [6, 6.07) is 0. The van der Waals surface area contributed by atoms with Gasteiger partial charge in [0.05, 0.1) is 0 Å². The molecule has 0 aliphatic carbocycles. The van der Waals surface area contributed by atoms with Crippen LogP contribution in [0.25, 0.3) is 0 Å². The molecule has 92 valence electrons. The molecule has 1 aromatic heterocycles. The molecule has 0 aliphatic heterocycles. The second kappa shape index (κ2) is 6.57. The smallest absolute Gasteiger partial charge is 0.255 e. The fraction of sp³-hybridized carbons (Fsp3) is 0.800. The molecule has 6 heteroatoms. The average molecular weight is 229 g/mol. The lowest BCUT2D eigenvalue weighted by atomic mass is 10.2. The minimum Gasteiger partial charge on any atom is -0.383 e. The Morgan fingerprint density at radius 3 is 2.81 bits per heavy atom. The summed E-state index contributed by atoms with van der Waals surface area (Å²) in [6.07, 6.45) is 0.213. The molecule has 2 unspecified atom stereocenters. The molecule has 0 aromatic carbocycles. The molecule has 0 saturated carbocycles. The van der Waals surface area contributed by atoms with Gasteiger partial charge in [-0.15, -0.1) is 0 Å². The van der Waals surface area contributed by atoms with Crippen LogP contribution >= 0.6 is 0 Å².